The van der Waals surface area contributed by atoms with E-state index in [-0.39, 0.29) is 5.57 Å². The molecule has 2 aromatic carbocycles. The van der Waals surface area contributed by atoms with Crippen LogP contribution in [-0.4, -0.2) is 20.1 Å². The van der Waals surface area contributed by atoms with Gasteiger partial charge in [-0.1, -0.05) is 0 Å². The third-order valence-electron chi connectivity index (χ3n) is 3.25. The van der Waals surface area contributed by atoms with Crippen molar-refractivity contribution in [2.45, 2.75) is 0 Å². The van der Waals surface area contributed by atoms with E-state index in [1.807, 2.05) is 12.1 Å². The molecule has 1 amide bonds. The predicted octanol–water partition coefficient (Wildman–Crippen LogP) is 4.62. The number of hydrogen-bond donors (Lipinski definition) is 1. The highest BCUT2D eigenvalue weighted by atomic mass is 127. The van der Waals surface area contributed by atoms with Crippen LogP contribution in [-0.2, 0) is 4.79 Å². The largest absolute Gasteiger partial charge is 0.497 e. The van der Waals surface area contributed by atoms with E-state index in [0.717, 1.165) is 13.6 Å². The van der Waals surface area contributed by atoms with E-state index in [2.05, 4.69) is 43.8 Å². The molecule has 7 heteroatoms. The lowest BCUT2D eigenvalue weighted by molar-refractivity contribution is -0.112. The number of carbonyl (C=O) groups is 1. The zero-order chi connectivity index (χ0) is 18.4. The highest BCUT2D eigenvalue weighted by molar-refractivity contribution is 14.1. The molecule has 0 aliphatic rings. The first kappa shape index (κ1) is 19.3. The molecule has 2 aromatic rings. The molecule has 0 bridgehead atoms. The highest BCUT2D eigenvalue weighted by Gasteiger charge is 2.12. The average Bonchev–Trinajstić information content (AvgIpc) is 2.60. The SMILES string of the molecule is COc1ccc(NC(=O)/C(C#N)=C\c2cc(Br)c(OC)c(I)c2)cc1. The molecule has 2 rings (SSSR count). The fraction of sp³-hybridized carbons (Fsp3) is 0.111. The van der Waals surface area contributed by atoms with Crippen molar-refractivity contribution in [1.29, 1.82) is 5.26 Å². The van der Waals surface area contributed by atoms with Gasteiger partial charge in [0.1, 0.15) is 23.1 Å². The van der Waals surface area contributed by atoms with E-state index in [0.29, 0.717) is 17.2 Å². The summed E-state index contributed by atoms with van der Waals surface area (Å²) in [7, 11) is 3.15. The Labute approximate surface area is 167 Å². The van der Waals surface area contributed by atoms with Gasteiger partial charge in [0.05, 0.1) is 22.3 Å². The lowest BCUT2D eigenvalue weighted by Gasteiger charge is -2.08. The molecule has 0 aliphatic carbocycles. The number of nitrogens with one attached hydrogen (secondary N) is 1. The molecule has 0 radical (unpaired) electrons. The minimum Gasteiger partial charge on any atom is -0.497 e. The summed E-state index contributed by atoms with van der Waals surface area (Å²) in [5.74, 6) is 0.917. The number of amides is 1. The van der Waals surface area contributed by atoms with Gasteiger partial charge in [-0.3, -0.25) is 4.79 Å². The van der Waals surface area contributed by atoms with Crippen LogP contribution in [0.1, 0.15) is 5.56 Å². The van der Waals surface area contributed by atoms with E-state index in [9.17, 15) is 10.1 Å². The third kappa shape index (κ3) is 4.96. The fourth-order valence-corrected chi connectivity index (χ4v) is 3.93. The number of benzene rings is 2. The summed E-state index contributed by atoms with van der Waals surface area (Å²) in [6, 6.07) is 12.4. The number of nitrogens with zero attached hydrogens (tertiary/aromatic N) is 1. The Kier molecular flexibility index (Phi) is 6.84. The average molecular weight is 513 g/mol. The van der Waals surface area contributed by atoms with E-state index < -0.39 is 5.91 Å². The summed E-state index contributed by atoms with van der Waals surface area (Å²) in [5, 5.41) is 12.0. The number of ether oxygens (including phenoxy) is 2. The number of anilines is 1. The topological polar surface area (TPSA) is 71.3 Å². The van der Waals surface area contributed by atoms with E-state index in [1.165, 1.54) is 6.08 Å². The van der Waals surface area contributed by atoms with E-state index in [1.54, 1.807) is 44.6 Å². The van der Waals surface area contributed by atoms with Crippen molar-refractivity contribution in [3.8, 4) is 17.6 Å². The van der Waals surface area contributed by atoms with Gasteiger partial charge in [-0.05, 0) is 86.6 Å². The normalized spacial score (nSPS) is 10.8. The lowest BCUT2D eigenvalue weighted by atomic mass is 10.1. The quantitative estimate of drug-likeness (QED) is 0.360. The van der Waals surface area contributed by atoms with Crippen molar-refractivity contribution >= 4 is 56.2 Å². The maximum absolute atomic E-state index is 12.3. The van der Waals surface area contributed by atoms with Crippen molar-refractivity contribution < 1.29 is 14.3 Å². The Hall–Kier alpha value is -2.05. The molecular formula is C18H14BrIN2O3. The monoisotopic (exact) mass is 512 g/mol. The Bertz CT molecular complexity index is 835. The van der Waals surface area contributed by atoms with Gasteiger partial charge in [0.15, 0.2) is 0 Å². The molecule has 0 spiro atoms. The molecule has 1 N–H and O–H groups in total. The molecule has 5 nitrogen and oxygen atoms in total. The summed E-state index contributed by atoms with van der Waals surface area (Å²) in [5.41, 5.74) is 1.31. The zero-order valence-corrected chi connectivity index (χ0v) is 17.2. The first-order valence-electron chi connectivity index (χ1n) is 7.08. The van der Waals surface area contributed by atoms with Crippen molar-refractivity contribution in [1.82, 2.24) is 0 Å². The molecule has 0 saturated heterocycles. The molecule has 0 fully saturated rings. The van der Waals surface area contributed by atoms with Crippen LogP contribution in [0.4, 0.5) is 5.69 Å². The molecule has 25 heavy (non-hydrogen) atoms. The van der Waals surface area contributed by atoms with Crippen LogP contribution in [0.3, 0.4) is 0 Å². The first-order chi connectivity index (χ1) is 12.0. The minimum atomic E-state index is -0.477. The third-order valence-corrected chi connectivity index (χ3v) is 4.64. The number of rotatable bonds is 5. The van der Waals surface area contributed by atoms with Gasteiger partial charge in [-0.2, -0.15) is 5.26 Å². The highest BCUT2D eigenvalue weighted by Crippen LogP contribution is 2.32. The first-order valence-corrected chi connectivity index (χ1v) is 8.96. The number of methoxy groups -OCH3 is 2. The second-order valence-electron chi connectivity index (χ2n) is 4.87. The summed E-state index contributed by atoms with van der Waals surface area (Å²) < 4.78 is 12.0. The van der Waals surface area contributed by atoms with Crippen molar-refractivity contribution in [2.75, 3.05) is 19.5 Å². The second-order valence-corrected chi connectivity index (χ2v) is 6.89. The van der Waals surface area contributed by atoms with Crippen LogP contribution >= 0.6 is 38.5 Å². The van der Waals surface area contributed by atoms with Gasteiger partial charge in [0.25, 0.3) is 5.91 Å². The summed E-state index contributed by atoms with van der Waals surface area (Å²) in [6.07, 6.45) is 1.53. The van der Waals surface area contributed by atoms with Crippen molar-refractivity contribution in [3.63, 3.8) is 0 Å². The zero-order valence-electron chi connectivity index (χ0n) is 13.5. The van der Waals surface area contributed by atoms with Crippen LogP contribution in [0.25, 0.3) is 6.08 Å². The Morgan fingerprint density at radius 2 is 1.92 bits per heavy atom. The van der Waals surface area contributed by atoms with Crippen LogP contribution in [0.15, 0.2) is 46.4 Å². The predicted molar refractivity (Wildman–Crippen MR) is 109 cm³/mol. The molecule has 0 unspecified atom stereocenters. The summed E-state index contributed by atoms with van der Waals surface area (Å²) >= 11 is 5.55. The molecule has 0 heterocycles. The molecule has 128 valence electrons. The Morgan fingerprint density at radius 1 is 1.24 bits per heavy atom. The van der Waals surface area contributed by atoms with Gasteiger partial charge < -0.3 is 14.8 Å². The number of carbonyl (C=O) groups excluding carboxylic acids is 1. The van der Waals surface area contributed by atoms with E-state index >= 15 is 0 Å². The molecule has 0 saturated carbocycles. The van der Waals surface area contributed by atoms with Gasteiger partial charge in [-0.15, -0.1) is 0 Å². The Morgan fingerprint density at radius 3 is 2.44 bits per heavy atom. The van der Waals surface area contributed by atoms with Crippen molar-refractivity contribution in [2.24, 2.45) is 0 Å². The lowest BCUT2D eigenvalue weighted by Crippen LogP contribution is -2.13. The number of halogens is 2. The standard InChI is InChI=1S/C18H14BrIN2O3/c1-24-14-5-3-13(4-6-14)22-18(23)12(10-21)7-11-8-15(19)17(25-2)16(20)9-11/h3-9H,1-2H3,(H,22,23)/b12-7-. The van der Waals surface area contributed by atoms with Gasteiger partial charge in [0, 0.05) is 5.69 Å². The molecule has 0 aliphatic heterocycles. The fourth-order valence-electron chi connectivity index (χ4n) is 2.05. The van der Waals surface area contributed by atoms with Crippen molar-refractivity contribution in [3.05, 3.63) is 55.6 Å². The second kappa shape index (κ2) is 8.87. The summed E-state index contributed by atoms with van der Waals surface area (Å²) in [6.45, 7) is 0. The molecular weight excluding hydrogens is 499 g/mol. The van der Waals surface area contributed by atoms with Crippen LogP contribution in [0.5, 0.6) is 11.5 Å². The van der Waals surface area contributed by atoms with Gasteiger partial charge >= 0.3 is 0 Å². The molecule has 0 aromatic heterocycles. The van der Waals surface area contributed by atoms with E-state index in [4.69, 9.17) is 9.47 Å². The van der Waals surface area contributed by atoms with Crippen LogP contribution < -0.4 is 14.8 Å². The van der Waals surface area contributed by atoms with Crippen LogP contribution in [0, 0.1) is 14.9 Å². The smallest absolute Gasteiger partial charge is 0.266 e. The maximum atomic E-state index is 12.3. The number of nitriles is 1. The number of hydrogen-bond acceptors (Lipinski definition) is 4. The molecule has 0 atom stereocenters. The minimum absolute atomic E-state index is 0.00341. The van der Waals surface area contributed by atoms with Crippen LogP contribution in [0.2, 0.25) is 0 Å². The maximum Gasteiger partial charge on any atom is 0.266 e. The van der Waals surface area contributed by atoms with Gasteiger partial charge in [-0.25, -0.2) is 0 Å². The Balaban J connectivity index is 2.24. The van der Waals surface area contributed by atoms with Gasteiger partial charge in [0.2, 0.25) is 0 Å². The summed E-state index contributed by atoms with van der Waals surface area (Å²) in [4.78, 5) is 12.3.